The van der Waals surface area contributed by atoms with Gasteiger partial charge in [0.1, 0.15) is 11.5 Å². The number of aliphatic hydroxyl groups is 1. The molecule has 2 aliphatic heterocycles. The molecule has 0 amide bonds. The highest BCUT2D eigenvalue weighted by Gasteiger charge is 2.36. The number of nitrogens with one attached hydrogen (secondary N) is 4. The van der Waals surface area contributed by atoms with Crippen molar-refractivity contribution in [1.82, 2.24) is 21.3 Å². The normalized spacial score (nSPS) is 16.0. The lowest BCUT2D eigenvalue weighted by Gasteiger charge is -2.47. The number of unbranched alkanes of at least 4 members (excludes halogenated alkanes) is 1. The number of rotatable bonds is 27. The molecule has 2 aliphatic rings. The molecule has 2 heterocycles. The van der Waals surface area contributed by atoms with Gasteiger partial charge in [0.15, 0.2) is 23.0 Å². The lowest BCUT2D eigenvalue weighted by Crippen LogP contribution is -2.49. The minimum absolute atomic E-state index is 0.0974. The number of benzene rings is 4. The Morgan fingerprint density at radius 3 is 1.83 bits per heavy atom. The minimum Gasteiger partial charge on any atom is -0.507 e. The predicted molar refractivity (Wildman–Crippen MR) is 258 cm³/mol. The van der Waals surface area contributed by atoms with Crippen LogP contribution in [0.3, 0.4) is 0 Å². The molecular weight excluding hydrogens is 807 g/mol. The fraction of sp³-hybridized carbons (Fsp3) is 0.538. The molecule has 0 aromatic heterocycles. The zero-order valence-corrected chi connectivity index (χ0v) is 38.8. The van der Waals surface area contributed by atoms with Crippen LogP contribution in [0, 0.1) is 0 Å². The topological polar surface area (TPSA) is 160 Å². The number of hydrogen-bond acceptors (Lipinski definition) is 12. The van der Waals surface area contributed by atoms with E-state index in [0.717, 1.165) is 138 Å². The van der Waals surface area contributed by atoms with Gasteiger partial charge in [-0.25, -0.2) is 0 Å². The second kappa shape index (κ2) is 28.2. The summed E-state index contributed by atoms with van der Waals surface area (Å²) in [4.78, 5) is 2.48. The smallest absolute Gasteiger partial charge is 0.160 e. The van der Waals surface area contributed by atoms with E-state index in [2.05, 4.69) is 69.5 Å². The molecule has 3 atom stereocenters. The third-order valence-electron chi connectivity index (χ3n) is 12.3. The largest absolute Gasteiger partial charge is 0.507 e. The summed E-state index contributed by atoms with van der Waals surface area (Å²) >= 11 is 0. The van der Waals surface area contributed by atoms with Crippen LogP contribution in [0.4, 0.5) is 5.69 Å². The standard InChI is InChI=1S/C26H42N4O4.C26H35NO3/c1-33-25-17-21(7-9-23(25)31)19-29-15-5-13-27-11-3-4-12-28-14-6-16-30-20-22-8-10-24(32)26(18-22)34-2;1-19(7-5-10-20-8-3-2-4-9-20)30-23-17-25-24(26(29)18-23)14-13-21-11-6-12-22(15-16-28)27(21)25/h7-10,17-18,27-32H,3-6,11-16,19-20H2,1-2H3;2-4,8-9,17-19,21-22,28-29H,5-7,10-16H2,1H3. The third-order valence-corrected chi connectivity index (χ3v) is 12.3. The average molecular weight is 884 g/mol. The van der Waals surface area contributed by atoms with Crippen molar-refractivity contribution in [3.05, 3.63) is 101 Å². The Bertz CT molecular complexity index is 1850. The Morgan fingerprint density at radius 2 is 1.23 bits per heavy atom. The zero-order chi connectivity index (χ0) is 45.4. The van der Waals surface area contributed by atoms with Crippen molar-refractivity contribution in [3.8, 4) is 34.5 Å². The lowest BCUT2D eigenvalue weighted by atomic mass is 9.85. The van der Waals surface area contributed by atoms with Gasteiger partial charge >= 0.3 is 0 Å². The number of nitrogens with zero attached hydrogens (tertiary/aromatic N) is 1. The van der Waals surface area contributed by atoms with Gasteiger partial charge in [-0.1, -0.05) is 42.5 Å². The molecule has 352 valence electrons. The summed E-state index contributed by atoms with van der Waals surface area (Å²) in [5.41, 5.74) is 5.73. The molecule has 1 saturated heterocycles. The maximum atomic E-state index is 10.7. The quantitative estimate of drug-likeness (QED) is 0.0274. The van der Waals surface area contributed by atoms with Gasteiger partial charge in [-0.05, 0) is 171 Å². The highest BCUT2D eigenvalue weighted by molar-refractivity contribution is 5.65. The summed E-state index contributed by atoms with van der Waals surface area (Å²) in [7, 11) is 3.12. The number of aliphatic hydroxyl groups excluding tert-OH is 1. The molecule has 12 nitrogen and oxygen atoms in total. The summed E-state index contributed by atoms with van der Waals surface area (Å²) in [5.74, 6) is 2.48. The number of fused-ring (bicyclic) bond motifs is 3. The number of phenols is 3. The summed E-state index contributed by atoms with van der Waals surface area (Å²) in [6.07, 6.45) is 14.0. The monoisotopic (exact) mass is 884 g/mol. The SMILES string of the molecule is CC(CCCc1ccccc1)Oc1cc(O)c2c(c1)N1C(CCO)CCCC1CC2.COc1cc(CNCCCNCCCCNCCCNCc2ccc(O)c(OC)c2)ccc1O. The van der Waals surface area contributed by atoms with Gasteiger partial charge < -0.3 is 60.8 Å². The maximum Gasteiger partial charge on any atom is 0.160 e. The van der Waals surface area contributed by atoms with Crippen LogP contribution in [0.15, 0.2) is 78.9 Å². The molecule has 0 radical (unpaired) electrons. The summed E-state index contributed by atoms with van der Waals surface area (Å²) in [6, 6.07) is 26.2. The third kappa shape index (κ3) is 16.7. The Morgan fingerprint density at radius 1 is 0.641 bits per heavy atom. The first-order valence-corrected chi connectivity index (χ1v) is 23.8. The lowest BCUT2D eigenvalue weighted by molar-refractivity contribution is 0.207. The van der Waals surface area contributed by atoms with Crippen LogP contribution in [-0.2, 0) is 25.9 Å². The van der Waals surface area contributed by atoms with Crippen LogP contribution in [0.1, 0.15) is 99.8 Å². The highest BCUT2D eigenvalue weighted by atomic mass is 16.5. The number of piperidine rings is 1. The van der Waals surface area contributed by atoms with E-state index in [1.54, 1.807) is 32.4 Å². The number of anilines is 1. The van der Waals surface area contributed by atoms with Crippen molar-refractivity contribution in [1.29, 1.82) is 0 Å². The Kier molecular flexibility index (Phi) is 22.2. The Hall–Kier alpha value is -4.72. The molecular formula is C52H77N5O7. The van der Waals surface area contributed by atoms with E-state index in [1.165, 1.54) is 31.2 Å². The molecule has 0 spiro atoms. The molecule has 4 aromatic carbocycles. The van der Waals surface area contributed by atoms with E-state index in [0.29, 0.717) is 29.3 Å². The number of aryl methyl sites for hydroxylation is 1. The highest BCUT2D eigenvalue weighted by Crippen LogP contribution is 2.44. The van der Waals surface area contributed by atoms with Crippen LogP contribution in [0.5, 0.6) is 34.5 Å². The van der Waals surface area contributed by atoms with Crippen molar-refractivity contribution >= 4 is 5.69 Å². The second-order valence-corrected chi connectivity index (χ2v) is 17.2. The fourth-order valence-corrected chi connectivity index (χ4v) is 8.84. The van der Waals surface area contributed by atoms with Crippen LogP contribution in [0.25, 0.3) is 0 Å². The van der Waals surface area contributed by atoms with Gasteiger partial charge in [0.2, 0.25) is 0 Å². The van der Waals surface area contributed by atoms with E-state index in [4.69, 9.17) is 14.2 Å². The van der Waals surface area contributed by atoms with E-state index < -0.39 is 0 Å². The number of hydrogen-bond donors (Lipinski definition) is 8. The van der Waals surface area contributed by atoms with Crippen LogP contribution < -0.4 is 40.4 Å². The Labute approximate surface area is 382 Å². The molecule has 0 bridgehead atoms. The van der Waals surface area contributed by atoms with Crippen molar-refractivity contribution in [2.75, 3.05) is 65.0 Å². The van der Waals surface area contributed by atoms with Gasteiger partial charge in [-0.15, -0.1) is 0 Å². The molecule has 1 fully saturated rings. The molecule has 3 unspecified atom stereocenters. The molecule has 64 heavy (non-hydrogen) atoms. The van der Waals surface area contributed by atoms with Crippen LogP contribution in [0.2, 0.25) is 0 Å². The van der Waals surface area contributed by atoms with Crippen molar-refractivity contribution in [2.24, 2.45) is 0 Å². The number of phenolic OH excluding ortho intramolecular Hbond substituents is 3. The van der Waals surface area contributed by atoms with E-state index in [1.807, 2.05) is 24.3 Å². The first-order valence-electron chi connectivity index (χ1n) is 23.8. The fourth-order valence-electron chi connectivity index (χ4n) is 8.84. The van der Waals surface area contributed by atoms with Gasteiger partial charge in [0.25, 0.3) is 0 Å². The first kappa shape index (κ1) is 50.3. The van der Waals surface area contributed by atoms with E-state index >= 15 is 0 Å². The second-order valence-electron chi connectivity index (χ2n) is 17.2. The van der Waals surface area contributed by atoms with Crippen molar-refractivity contribution < 1.29 is 34.6 Å². The van der Waals surface area contributed by atoms with Gasteiger partial charge in [-0.2, -0.15) is 0 Å². The average Bonchev–Trinajstić information content (AvgIpc) is 3.30. The van der Waals surface area contributed by atoms with Crippen LogP contribution >= 0.6 is 0 Å². The number of aromatic hydroxyl groups is 3. The molecule has 12 heteroatoms. The maximum absolute atomic E-state index is 10.7. The summed E-state index contributed by atoms with van der Waals surface area (Å²) < 4.78 is 16.5. The Balaban J connectivity index is 0.000000242. The zero-order valence-electron chi connectivity index (χ0n) is 38.8. The molecule has 0 aliphatic carbocycles. The van der Waals surface area contributed by atoms with Gasteiger partial charge in [0, 0.05) is 55.2 Å². The van der Waals surface area contributed by atoms with Gasteiger partial charge in [0.05, 0.1) is 20.3 Å². The van der Waals surface area contributed by atoms with E-state index in [9.17, 15) is 20.4 Å². The number of ether oxygens (including phenoxy) is 3. The predicted octanol–water partition coefficient (Wildman–Crippen LogP) is 7.97. The van der Waals surface area contributed by atoms with Crippen molar-refractivity contribution in [3.63, 3.8) is 0 Å². The molecule has 4 aromatic rings. The summed E-state index contributed by atoms with van der Waals surface area (Å²) in [5, 5.41) is 53.4. The minimum atomic E-state index is 0.0974. The molecule has 6 rings (SSSR count). The van der Waals surface area contributed by atoms with Crippen molar-refractivity contribution in [2.45, 2.75) is 122 Å². The molecule has 8 N–H and O–H groups in total. The van der Waals surface area contributed by atoms with E-state index in [-0.39, 0.29) is 24.2 Å². The molecule has 0 saturated carbocycles. The summed E-state index contributed by atoms with van der Waals surface area (Å²) in [6.45, 7) is 9.88. The van der Waals surface area contributed by atoms with Gasteiger partial charge in [-0.3, -0.25) is 0 Å². The van der Waals surface area contributed by atoms with Crippen LogP contribution in [-0.4, -0.2) is 98.7 Å². The number of methoxy groups -OCH3 is 2. The first-order chi connectivity index (χ1) is 31.3.